The number of aryl methyl sites for hydroxylation is 1. The quantitative estimate of drug-likeness (QED) is 0.208. The van der Waals surface area contributed by atoms with Crippen LogP contribution in [0, 0.1) is 6.92 Å². The molecule has 2 N–H and O–H groups in total. The molecule has 9 heteroatoms. The number of hydrogen-bond acceptors (Lipinski definition) is 2. The molecule has 212 valence electrons. The third-order valence-corrected chi connectivity index (χ3v) is 7.17. The van der Waals surface area contributed by atoms with Crippen LogP contribution in [-0.2, 0) is 13.2 Å². The maximum atomic E-state index is 13.3. The molecule has 0 bridgehead atoms. The van der Waals surface area contributed by atoms with Crippen molar-refractivity contribution in [3.8, 4) is 22.3 Å². The van der Waals surface area contributed by atoms with Crippen molar-refractivity contribution in [2.45, 2.75) is 13.1 Å². The first kappa shape index (κ1) is 28.7. The number of benzene rings is 4. The lowest BCUT2D eigenvalue weighted by Crippen LogP contribution is -2.17. The lowest BCUT2D eigenvalue weighted by Gasteiger charge is -2.12. The third kappa shape index (κ3) is 6.09. The van der Waals surface area contributed by atoms with Crippen LogP contribution in [0.5, 0.6) is 0 Å². The zero-order valence-corrected chi connectivity index (χ0v) is 23.3. The van der Waals surface area contributed by atoms with E-state index in [9.17, 15) is 22.8 Å². The van der Waals surface area contributed by atoms with Gasteiger partial charge in [0, 0.05) is 35.1 Å². The number of nitrogens with zero attached hydrogens (tertiary/aromatic N) is 1. The van der Waals surface area contributed by atoms with Gasteiger partial charge in [0.05, 0.1) is 11.3 Å². The standard InChI is InChI=1S/C33H25ClF3N3O2/c1-20-29(39-31(41)28-6-4-3-5-27(28)23-7-13-24(14-8-23)33(35,36)37)19-40(2)30(20)32(42)38-26-17-11-22(12-18-26)21-9-15-25(34)16-10-21/h3-19H,1-2H3,(H,38,42)(H,39,41). The third-order valence-electron chi connectivity index (χ3n) is 6.91. The van der Waals surface area contributed by atoms with Crippen molar-refractivity contribution in [1.82, 2.24) is 4.57 Å². The second-order valence-corrected chi connectivity index (χ2v) is 10.2. The van der Waals surface area contributed by atoms with Gasteiger partial charge in [-0.25, -0.2) is 0 Å². The fourth-order valence-corrected chi connectivity index (χ4v) is 4.87. The molecular formula is C33H25ClF3N3O2. The Morgan fingerprint density at radius 2 is 1.31 bits per heavy atom. The predicted molar refractivity (Wildman–Crippen MR) is 160 cm³/mol. The topological polar surface area (TPSA) is 63.1 Å². The molecule has 0 aliphatic carbocycles. The number of alkyl halides is 3. The average Bonchev–Trinajstić information content (AvgIpc) is 3.25. The van der Waals surface area contributed by atoms with E-state index >= 15 is 0 Å². The first-order valence-corrected chi connectivity index (χ1v) is 13.3. The largest absolute Gasteiger partial charge is 0.416 e. The Labute approximate surface area is 245 Å². The lowest BCUT2D eigenvalue weighted by atomic mass is 9.98. The van der Waals surface area contributed by atoms with Crippen molar-refractivity contribution < 1.29 is 22.8 Å². The summed E-state index contributed by atoms with van der Waals surface area (Å²) in [6, 6.07) is 26.2. The summed E-state index contributed by atoms with van der Waals surface area (Å²) in [5, 5.41) is 6.40. The van der Waals surface area contributed by atoms with E-state index in [0.717, 1.165) is 23.3 Å². The Kier molecular flexibility index (Phi) is 7.91. The second-order valence-electron chi connectivity index (χ2n) is 9.74. The number of aromatic nitrogens is 1. The van der Waals surface area contributed by atoms with Gasteiger partial charge in [0.15, 0.2) is 0 Å². The molecule has 0 aliphatic rings. The predicted octanol–water partition coefficient (Wildman–Crippen LogP) is 8.84. The van der Waals surface area contributed by atoms with Crippen molar-refractivity contribution in [3.63, 3.8) is 0 Å². The minimum absolute atomic E-state index is 0.285. The first-order valence-electron chi connectivity index (χ1n) is 12.9. The number of carbonyl (C=O) groups is 2. The van der Waals surface area contributed by atoms with Gasteiger partial charge in [-0.2, -0.15) is 13.2 Å². The van der Waals surface area contributed by atoms with E-state index in [0.29, 0.717) is 38.8 Å². The van der Waals surface area contributed by atoms with Crippen LogP contribution >= 0.6 is 11.6 Å². The Morgan fingerprint density at radius 1 is 0.738 bits per heavy atom. The summed E-state index contributed by atoms with van der Waals surface area (Å²) in [6.45, 7) is 1.73. The first-order chi connectivity index (χ1) is 20.0. The number of hydrogen-bond donors (Lipinski definition) is 2. The molecule has 4 aromatic carbocycles. The fraction of sp³-hybridized carbons (Fsp3) is 0.0909. The van der Waals surface area contributed by atoms with Crippen molar-refractivity contribution in [1.29, 1.82) is 0 Å². The molecule has 5 nitrogen and oxygen atoms in total. The van der Waals surface area contributed by atoms with E-state index in [1.807, 2.05) is 36.4 Å². The number of carbonyl (C=O) groups excluding carboxylic acids is 2. The summed E-state index contributed by atoms with van der Waals surface area (Å²) in [5.74, 6) is -0.802. The molecule has 5 aromatic rings. The van der Waals surface area contributed by atoms with Crippen molar-refractivity contribution in [3.05, 3.63) is 131 Å². The zero-order chi connectivity index (χ0) is 30.0. The molecule has 5 rings (SSSR count). The highest BCUT2D eigenvalue weighted by atomic mass is 35.5. The highest BCUT2D eigenvalue weighted by Gasteiger charge is 2.30. The van der Waals surface area contributed by atoms with Gasteiger partial charge in [-0.1, -0.05) is 66.2 Å². The van der Waals surface area contributed by atoms with Crippen LogP contribution in [0.3, 0.4) is 0 Å². The molecule has 42 heavy (non-hydrogen) atoms. The highest BCUT2D eigenvalue weighted by molar-refractivity contribution is 6.30. The smallest absolute Gasteiger partial charge is 0.344 e. The number of rotatable bonds is 6. The van der Waals surface area contributed by atoms with Crippen LogP contribution in [0.2, 0.25) is 5.02 Å². The normalized spacial score (nSPS) is 11.3. The van der Waals surface area contributed by atoms with Crippen LogP contribution in [0.1, 0.15) is 32.0 Å². The summed E-state index contributed by atoms with van der Waals surface area (Å²) in [6.07, 6.45) is -2.81. The monoisotopic (exact) mass is 587 g/mol. The van der Waals surface area contributed by atoms with E-state index < -0.39 is 17.6 Å². The molecule has 0 aliphatic heterocycles. The van der Waals surface area contributed by atoms with E-state index in [-0.39, 0.29) is 11.5 Å². The van der Waals surface area contributed by atoms with E-state index in [2.05, 4.69) is 10.6 Å². The Balaban J connectivity index is 1.33. The van der Waals surface area contributed by atoms with Gasteiger partial charge in [0.1, 0.15) is 5.69 Å². The maximum Gasteiger partial charge on any atom is 0.416 e. The van der Waals surface area contributed by atoms with Crippen molar-refractivity contribution in [2.75, 3.05) is 10.6 Å². The van der Waals surface area contributed by atoms with Crippen LogP contribution in [-0.4, -0.2) is 16.4 Å². The van der Waals surface area contributed by atoms with Crippen LogP contribution < -0.4 is 10.6 Å². The molecule has 1 aromatic heterocycles. The van der Waals surface area contributed by atoms with E-state index in [1.165, 1.54) is 12.1 Å². The summed E-state index contributed by atoms with van der Waals surface area (Å²) in [4.78, 5) is 26.5. The molecule has 2 amide bonds. The number of nitrogens with one attached hydrogen (secondary N) is 2. The second kappa shape index (κ2) is 11.6. The van der Waals surface area contributed by atoms with Gasteiger partial charge in [0.25, 0.3) is 11.8 Å². The minimum Gasteiger partial charge on any atom is -0.344 e. The molecule has 0 spiro atoms. The number of amides is 2. The molecule has 0 saturated heterocycles. The molecular weight excluding hydrogens is 563 g/mol. The average molecular weight is 588 g/mol. The molecule has 1 heterocycles. The number of halogens is 4. The van der Waals surface area contributed by atoms with Crippen molar-refractivity contribution in [2.24, 2.45) is 7.05 Å². The maximum absolute atomic E-state index is 13.3. The van der Waals surface area contributed by atoms with Gasteiger partial charge < -0.3 is 15.2 Å². The van der Waals surface area contributed by atoms with Gasteiger partial charge in [0.2, 0.25) is 0 Å². The molecule has 0 saturated carbocycles. The van der Waals surface area contributed by atoms with Gasteiger partial charge in [-0.15, -0.1) is 0 Å². The zero-order valence-electron chi connectivity index (χ0n) is 22.6. The summed E-state index contributed by atoms with van der Waals surface area (Å²) >= 11 is 5.97. The van der Waals surface area contributed by atoms with Crippen molar-refractivity contribution >= 4 is 34.8 Å². The lowest BCUT2D eigenvalue weighted by molar-refractivity contribution is -0.137. The molecule has 0 unspecified atom stereocenters. The van der Waals surface area contributed by atoms with Crippen LogP contribution in [0.4, 0.5) is 24.5 Å². The van der Waals surface area contributed by atoms with E-state index in [1.54, 1.807) is 61.1 Å². The van der Waals surface area contributed by atoms with Crippen LogP contribution in [0.15, 0.2) is 103 Å². The Bertz CT molecular complexity index is 1760. The summed E-state index contributed by atoms with van der Waals surface area (Å²) < 4.78 is 40.7. The molecule has 0 fully saturated rings. The molecule has 0 atom stereocenters. The highest BCUT2D eigenvalue weighted by Crippen LogP contribution is 2.32. The van der Waals surface area contributed by atoms with Gasteiger partial charge in [-0.05, 0) is 71.6 Å². The van der Waals surface area contributed by atoms with Gasteiger partial charge in [-0.3, -0.25) is 9.59 Å². The van der Waals surface area contributed by atoms with Crippen LogP contribution in [0.25, 0.3) is 22.3 Å². The summed E-state index contributed by atoms with van der Waals surface area (Å²) in [5.41, 5.74) is 4.41. The Morgan fingerprint density at radius 3 is 1.93 bits per heavy atom. The fourth-order valence-electron chi connectivity index (χ4n) is 4.74. The van der Waals surface area contributed by atoms with E-state index in [4.69, 9.17) is 11.6 Å². The molecule has 0 radical (unpaired) electrons. The number of anilines is 2. The SMILES string of the molecule is Cc1c(NC(=O)c2ccccc2-c2ccc(C(F)(F)F)cc2)cn(C)c1C(=O)Nc1ccc(-c2ccc(Cl)cc2)cc1. The van der Waals surface area contributed by atoms with Gasteiger partial charge >= 0.3 is 6.18 Å². The summed E-state index contributed by atoms with van der Waals surface area (Å²) in [7, 11) is 1.71. The Hall–Kier alpha value is -4.82. The minimum atomic E-state index is -4.45.